The number of carbonyl (C=O) groups excluding carboxylic acids is 1. The van der Waals surface area contributed by atoms with Crippen molar-refractivity contribution < 1.29 is 4.79 Å². The van der Waals surface area contributed by atoms with Crippen LogP contribution in [0, 0.1) is 0 Å². The summed E-state index contributed by atoms with van der Waals surface area (Å²) in [5, 5.41) is 7.33. The Labute approximate surface area is 139 Å². The molecule has 1 aliphatic rings. The van der Waals surface area contributed by atoms with E-state index in [0.717, 1.165) is 28.8 Å². The van der Waals surface area contributed by atoms with Gasteiger partial charge in [-0.3, -0.25) is 4.79 Å². The van der Waals surface area contributed by atoms with Gasteiger partial charge in [-0.2, -0.15) is 0 Å². The Morgan fingerprint density at radius 2 is 2.05 bits per heavy atom. The Balaban J connectivity index is 1.85. The summed E-state index contributed by atoms with van der Waals surface area (Å²) in [6.07, 6.45) is 0.872. The molecule has 1 aliphatic heterocycles. The van der Waals surface area contributed by atoms with Crippen LogP contribution in [-0.4, -0.2) is 12.5 Å². The van der Waals surface area contributed by atoms with Gasteiger partial charge in [-0.15, -0.1) is 0 Å². The fourth-order valence-electron chi connectivity index (χ4n) is 2.68. The topological polar surface area (TPSA) is 41.1 Å². The first-order valence-electron chi connectivity index (χ1n) is 7.18. The van der Waals surface area contributed by atoms with E-state index in [-0.39, 0.29) is 11.9 Å². The molecule has 3 nitrogen and oxygen atoms in total. The minimum Gasteiger partial charge on any atom is -0.378 e. The van der Waals surface area contributed by atoms with E-state index in [0.29, 0.717) is 16.6 Å². The molecule has 2 N–H and O–H groups in total. The van der Waals surface area contributed by atoms with Gasteiger partial charge in [-0.05, 0) is 42.7 Å². The number of rotatable bonds is 3. The lowest BCUT2D eigenvalue weighted by Gasteiger charge is -2.21. The van der Waals surface area contributed by atoms with Crippen molar-refractivity contribution in [3.63, 3.8) is 0 Å². The number of benzene rings is 2. The van der Waals surface area contributed by atoms with E-state index in [9.17, 15) is 4.79 Å². The molecule has 0 aromatic heterocycles. The van der Waals surface area contributed by atoms with Gasteiger partial charge >= 0.3 is 0 Å². The van der Waals surface area contributed by atoms with E-state index in [4.69, 9.17) is 23.2 Å². The molecule has 2 aromatic carbocycles. The maximum atomic E-state index is 11.9. The first-order valence-corrected chi connectivity index (χ1v) is 7.93. The highest BCUT2D eigenvalue weighted by Gasteiger charge is 2.18. The molecule has 0 radical (unpaired) electrons. The van der Waals surface area contributed by atoms with E-state index in [1.165, 1.54) is 0 Å². The van der Waals surface area contributed by atoms with Crippen molar-refractivity contribution >= 4 is 34.8 Å². The van der Waals surface area contributed by atoms with Crippen LogP contribution in [0.2, 0.25) is 10.0 Å². The number of amides is 1. The molecule has 0 spiro atoms. The standard InChI is InChI=1S/C17H16Cl2N2O/c1-10(13-3-2-4-15(18)16(13)19)21-12-6-5-11-7-8-20-17(22)14(11)9-12/h2-6,9-10,21H,7-8H2,1H3,(H,20,22)/t10-/m1/s1. The second kappa shape index (κ2) is 6.19. The summed E-state index contributed by atoms with van der Waals surface area (Å²) in [6.45, 7) is 2.71. The van der Waals surface area contributed by atoms with Crippen molar-refractivity contribution in [3.8, 4) is 0 Å². The number of nitrogens with one attached hydrogen (secondary N) is 2. The zero-order chi connectivity index (χ0) is 15.7. The largest absolute Gasteiger partial charge is 0.378 e. The normalized spacial score (nSPS) is 15.0. The number of hydrogen-bond acceptors (Lipinski definition) is 2. The Kier molecular flexibility index (Phi) is 4.27. The van der Waals surface area contributed by atoms with Gasteiger partial charge in [0.2, 0.25) is 0 Å². The average Bonchev–Trinajstić information content (AvgIpc) is 2.51. The van der Waals surface area contributed by atoms with Crippen LogP contribution in [0.5, 0.6) is 0 Å². The summed E-state index contributed by atoms with van der Waals surface area (Å²) in [7, 11) is 0. The molecule has 2 aromatic rings. The van der Waals surface area contributed by atoms with Gasteiger partial charge in [-0.25, -0.2) is 0 Å². The Morgan fingerprint density at radius 3 is 2.86 bits per heavy atom. The Hall–Kier alpha value is -1.71. The van der Waals surface area contributed by atoms with Crippen molar-refractivity contribution in [2.24, 2.45) is 0 Å². The van der Waals surface area contributed by atoms with E-state index < -0.39 is 0 Å². The zero-order valence-corrected chi connectivity index (χ0v) is 13.6. The summed E-state index contributed by atoms with van der Waals surface area (Å²) < 4.78 is 0. The molecular weight excluding hydrogens is 319 g/mol. The quantitative estimate of drug-likeness (QED) is 0.870. The molecule has 5 heteroatoms. The molecule has 0 aliphatic carbocycles. The molecule has 0 unspecified atom stereocenters. The average molecular weight is 335 g/mol. The minimum atomic E-state index is -0.0177. The lowest BCUT2D eigenvalue weighted by atomic mass is 9.99. The maximum Gasteiger partial charge on any atom is 0.251 e. The molecule has 1 heterocycles. The lowest BCUT2D eigenvalue weighted by Crippen LogP contribution is -2.31. The van der Waals surface area contributed by atoms with Crippen molar-refractivity contribution in [2.75, 3.05) is 11.9 Å². The second-order valence-electron chi connectivity index (χ2n) is 5.39. The molecular formula is C17H16Cl2N2O. The SMILES string of the molecule is C[C@@H](Nc1ccc2c(c1)C(=O)NCC2)c1cccc(Cl)c1Cl. The molecule has 0 bridgehead atoms. The highest BCUT2D eigenvalue weighted by atomic mass is 35.5. The van der Waals surface area contributed by atoms with E-state index in [2.05, 4.69) is 10.6 Å². The van der Waals surface area contributed by atoms with E-state index in [1.54, 1.807) is 6.07 Å². The maximum absolute atomic E-state index is 11.9. The van der Waals surface area contributed by atoms with Crippen LogP contribution in [0.25, 0.3) is 0 Å². The molecule has 114 valence electrons. The summed E-state index contributed by atoms with van der Waals surface area (Å²) in [4.78, 5) is 11.9. The van der Waals surface area contributed by atoms with Crippen LogP contribution in [0.4, 0.5) is 5.69 Å². The summed E-state index contributed by atoms with van der Waals surface area (Å²) >= 11 is 12.3. The van der Waals surface area contributed by atoms with Gasteiger partial charge in [-0.1, -0.05) is 41.4 Å². The third kappa shape index (κ3) is 2.92. The van der Waals surface area contributed by atoms with Gasteiger partial charge in [0, 0.05) is 17.8 Å². The van der Waals surface area contributed by atoms with E-state index >= 15 is 0 Å². The Morgan fingerprint density at radius 1 is 1.23 bits per heavy atom. The fraction of sp³-hybridized carbons (Fsp3) is 0.235. The number of carbonyl (C=O) groups is 1. The summed E-state index contributed by atoms with van der Waals surface area (Å²) in [5.74, 6) is -0.0154. The van der Waals surface area contributed by atoms with Crippen LogP contribution >= 0.6 is 23.2 Å². The lowest BCUT2D eigenvalue weighted by molar-refractivity contribution is 0.0946. The monoisotopic (exact) mass is 334 g/mol. The van der Waals surface area contributed by atoms with Gasteiger partial charge in [0.25, 0.3) is 5.91 Å². The molecule has 22 heavy (non-hydrogen) atoms. The van der Waals surface area contributed by atoms with Crippen LogP contribution in [0.1, 0.15) is 34.5 Å². The molecule has 0 saturated heterocycles. The summed E-state index contributed by atoms with van der Waals surface area (Å²) in [5.41, 5.74) is 3.64. The van der Waals surface area contributed by atoms with Gasteiger partial charge in [0.15, 0.2) is 0 Å². The number of fused-ring (bicyclic) bond motifs is 1. The van der Waals surface area contributed by atoms with Crippen LogP contribution in [-0.2, 0) is 6.42 Å². The van der Waals surface area contributed by atoms with Crippen LogP contribution in [0.3, 0.4) is 0 Å². The van der Waals surface area contributed by atoms with Crippen molar-refractivity contribution in [1.82, 2.24) is 5.32 Å². The smallest absolute Gasteiger partial charge is 0.251 e. The van der Waals surface area contributed by atoms with Gasteiger partial charge in [0.05, 0.1) is 16.1 Å². The third-order valence-corrected chi connectivity index (χ3v) is 4.70. The first-order chi connectivity index (χ1) is 10.6. The molecule has 0 saturated carbocycles. The van der Waals surface area contributed by atoms with E-state index in [1.807, 2.05) is 37.3 Å². The Bertz CT molecular complexity index is 731. The zero-order valence-electron chi connectivity index (χ0n) is 12.1. The summed E-state index contributed by atoms with van der Waals surface area (Å²) in [6, 6.07) is 11.5. The third-order valence-electron chi connectivity index (χ3n) is 3.87. The molecule has 1 amide bonds. The molecule has 1 atom stereocenters. The predicted molar refractivity (Wildman–Crippen MR) is 91.0 cm³/mol. The highest BCUT2D eigenvalue weighted by molar-refractivity contribution is 6.42. The number of hydrogen-bond donors (Lipinski definition) is 2. The van der Waals surface area contributed by atoms with Crippen LogP contribution < -0.4 is 10.6 Å². The minimum absolute atomic E-state index is 0.0154. The molecule has 0 fully saturated rings. The predicted octanol–water partition coefficient (Wildman–Crippen LogP) is 4.45. The van der Waals surface area contributed by atoms with Crippen molar-refractivity contribution in [1.29, 1.82) is 0 Å². The van der Waals surface area contributed by atoms with Gasteiger partial charge < -0.3 is 10.6 Å². The van der Waals surface area contributed by atoms with Gasteiger partial charge in [0.1, 0.15) is 0 Å². The highest BCUT2D eigenvalue weighted by Crippen LogP contribution is 2.32. The number of halogens is 2. The van der Waals surface area contributed by atoms with Crippen molar-refractivity contribution in [3.05, 3.63) is 63.1 Å². The molecule has 3 rings (SSSR count). The fourth-order valence-corrected chi connectivity index (χ4v) is 3.16. The second-order valence-corrected chi connectivity index (χ2v) is 6.17. The van der Waals surface area contributed by atoms with Crippen LogP contribution in [0.15, 0.2) is 36.4 Å². The number of anilines is 1. The first kappa shape index (κ1) is 15.2. The van der Waals surface area contributed by atoms with Crippen molar-refractivity contribution in [2.45, 2.75) is 19.4 Å².